The number of nitrogens with one attached hydrogen (secondary N) is 1. The molecule has 0 aliphatic carbocycles. The van der Waals surface area contributed by atoms with E-state index >= 15 is 0 Å². The predicted molar refractivity (Wildman–Crippen MR) is 150 cm³/mol. The molecule has 5 rings (SSSR count). The second-order valence-corrected chi connectivity index (χ2v) is 10.9. The molecule has 6 nitrogen and oxygen atoms in total. The van der Waals surface area contributed by atoms with E-state index in [4.69, 9.17) is 9.47 Å². The van der Waals surface area contributed by atoms with Gasteiger partial charge in [-0.1, -0.05) is 30.4 Å². The number of phenolic OH excluding ortho intramolecular Hbond substituents is 1. The van der Waals surface area contributed by atoms with Crippen molar-refractivity contribution in [2.45, 2.75) is 11.3 Å². The van der Waals surface area contributed by atoms with E-state index in [9.17, 15) is 13.5 Å². The number of allylic oxidation sites excluding steroid dienone is 4. The summed E-state index contributed by atoms with van der Waals surface area (Å²) in [6.07, 6.45) is 11.7. The van der Waals surface area contributed by atoms with Gasteiger partial charge < -0.3 is 19.9 Å². The summed E-state index contributed by atoms with van der Waals surface area (Å²) in [5.41, 5.74) is 2.69. The summed E-state index contributed by atoms with van der Waals surface area (Å²) in [5, 5.41) is 14.8. The fraction of sp³-hybridized carbons (Fsp3) is 0.0968. The van der Waals surface area contributed by atoms with Gasteiger partial charge in [0.05, 0.1) is 11.5 Å². The standard InChI is InChI=1S/C31H27NO5S/c1-38(34,35)28-14-6-22(7-15-28)29-16-8-23-21-25(33)9-17-30(23)31(29)37-27-12-10-26(11-13-27)36-20-18-24-5-3-2-4-19-32-24/h2-17,19,21,32-33H,18,20H2,1H3. The lowest BCUT2D eigenvalue weighted by atomic mass is 9.99. The molecule has 1 aliphatic heterocycles. The Balaban J connectivity index is 1.39. The first kappa shape index (κ1) is 25.2. The summed E-state index contributed by atoms with van der Waals surface area (Å²) in [5.74, 6) is 2.13. The molecule has 0 atom stereocenters. The van der Waals surface area contributed by atoms with Gasteiger partial charge in [-0.2, -0.15) is 0 Å². The Labute approximate surface area is 222 Å². The van der Waals surface area contributed by atoms with E-state index < -0.39 is 9.84 Å². The van der Waals surface area contributed by atoms with Crippen LogP contribution in [0.1, 0.15) is 6.42 Å². The number of ether oxygens (including phenoxy) is 2. The summed E-state index contributed by atoms with van der Waals surface area (Å²) >= 11 is 0. The minimum atomic E-state index is -3.30. The second kappa shape index (κ2) is 10.9. The Kier molecular flexibility index (Phi) is 7.20. The van der Waals surface area contributed by atoms with Crippen molar-refractivity contribution in [2.75, 3.05) is 12.9 Å². The highest BCUT2D eigenvalue weighted by molar-refractivity contribution is 7.90. The van der Waals surface area contributed by atoms with Gasteiger partial charge in [-0.25, -0.2) is 8.42 Å². The van der Waals surface area contributed by atoms with Crippen LogP contribution in [0, 0.1) is 0 Å². The molecule has 1 aliphatic rings. The van der Waals surface area contributed by atoms with Crippen LogP contribution in [0.15, 0.2) is 120 Å². The number of rotatable bonds is 8. The predicted octanol–water partition coefficient (Wildman–Crippen LogP) is 6.73. The maximum Gasteiger partial charge on any atom is 0.175 e. The largest absolute Gasteiger partial charge is 0.508 e. The van der Waals surface area contributed by atoms with E-state index in [0.717, 1.165) is 39.8 Å². The van der Waals surface area contributed by atoms with E-state index in [1.165, 1.54) is 6.26 Å². The van der Waals surface area contributed by atoms with Crippen LogP contribution in [-0.4, -0.2) is 26.4 Å². The third-order valence-corrected chi connectivity index (χ3v) is 7.24. The van der Waals surface area contributed by atoms with Gasteiger partial charge in [-0.05, 0) is 83.8 Å². The van der Waals surface area contributed by atoms with Gasteiger partial charge in [0.25, 0.3) is 0 Å². The van der Waals surface area contributed by atoms with Gasteiger partial charge >= 0.3 is 0 Å². The highest BCUT2D eigenvalue weighted by Gasteiger charge is 2.15. The Hall–Kier alpha value is -4.49. The van der Waals surface area contributed by atoms with Crippen molar-refractivity contribution in [3.05, 3.63) is 115 Å². The van der Waals surface area contributed by atoms with E-state index in [1.54, 1.807) is 36.4 Å². The fourth-order valence-electron chi connectivity index (χ4n) is 4.16. The van der Waals surface area contributed by atoms with Gasteiger partial charge in [0, 0.05) is 35.5 Å². The van der Waals surface area contributed by atoms with E-state index in [-0.39, 0.29) is 10.6 Å². The summed E-state index contributed by atoms with van der Waals surface area (Å²) in [6, 6.07) is 23.1. The van der Waals surface area contributed by atoms with E-state index in [0.29, 0.717) is 18.1 Å². The number of fused-ring (bicyclic) bond motifs is 1. The average Bonchev–Trinajstić information content (AvgIpc) is 3.18. The molecule has 0 fully saturated rings. The Morgan fingerprint density at radius 2 is 1.61 bits per heavy atom. The topological polar surface area (TPSA) is 84.9 Å². The molecule has 4 aromatic carbocycles. The number of hydrogen-bond donors (Lipinski definition) is 2. The third-order valence-electron chi connectivity index (χ3n) is 6.12. The highest BCUT2D eigenvalue weighted by atomic mass is 32.2. The van der Waals surface area contributed by atoms with Crippen LogP contribution in [0.25, 0.3) is 21.9 Å². The number of hydrogen-bond acceptors (Lipinski definition) is 6. The third kappa shape index (κ3) is 5.90. The molecule has 0 bridgehead atoms. The molecule has 4 aromatic rings. The molecule has 0 saturated heterocycles. The maximum absolute atomic E-state index is 11.9. The zero-order valence-corrected chi connectivity index (χ0v) is 21.6. The minimum absolute atomic E-state index is 0.164. The van der Waals surface area contributed by atoms with Crippen molar-refractivity contribution >= 4 is 20.6 Å². The molecule has 0 amide bonds. The van der Waals surface area contributed by atoms with Crippen LogP contribution >= 0.6 is 0 Å². The molecular weight excluding hydrogens is 498 g/mol. The van der Waals surface area contributed by atoms with Crippen LogP contribution in [0.5, 0.6) is 23.0 Å². The van der Waals surface area contributed by atoms with Crippen molar-refractivity contribution in [3.8, 4) is 34.1 Å². The Morgan fingerprint density at radius 1 is 0.842 bits per heavy atom. The van der Waals surface area contributed by atoms with Gasteiger partial charge in [-0.3, -0.25) is 0 Å². The lowest BCUT2D eigenvalue weighted by molar-refractivity contribution is 0.319. The molecule has 0 unspecified atom stereocenters. The molecule has 38 heavy (non-hydrogen) atoms. The first-order chi connectivity index (χ1) is 18.4. The molecule has 0 radical (unpaired) electrons. The second-order valence-electron chi connectivity index (χ2n) is 8.90. The van der Waals surface area contributed by atoms with Crippen molar-refractivity contribution < 1.29 is 23.0 Å². The zero-order chi connectivity index (χ0) is 26.5. The molecule has 7 heteroatoms. The summed E-state index contributed by atoms with van der Waals surface area (Å²) in [7, 11) is -3.30. The van der Waals surface area contributed by atoms with Gasteiger partial charge in [0.1, 0.15) is 23.0 Å². The summed E-state index contributed by atoms with van der Waals surface area (Å²) < 4.78 is 36.1. The number of phenols is 1. The number of benzene rings is 4. The molecule has 2 N–H and O–H groups in total. The first-order valence-electron chi connectivity index (χ1n) is 12.1. The Morgan fingerprint density at radius 3 is 2.37 bits per heavy atom. The molecule has 0 aromatic heterocycles. The van der Waals surface area contributed by atoms with Crippen molar-refractivity contribution in [3.63, 3.8) is 0 Å². The smallest absolute Gasteiger partial charge is 0.175 e. The van der Waals surface area contributed by atoms with Gasteiger partial charge in [0.2, 0.25) is 0 Å². The zero-order valence-electron chi connectivity index (χ0n) is 20.8. The van der Waals surface area contributed by atoms with E-state index in [1.807, 2.05) is 73.0 Å². The molecule has 0 spiro atoms. The average molecular weight is 526 g/mol. The first-order valence-corrected chi connectivity index (χ1v) is 14.0. The quantitative estimate of drug-likeness (QED) is 0.265. The number of aromatic hydroxyl groups is 1. The molecule has 0 saturated carbocycles. The lowest BCUT2D eigenvalue weighted by Gasteiger charge is -2.16. The van der Waals surface area contributed by atoms with Gasteiger partial charge in [-0.15, -0.1) is 0 Å². The van der Waals surface area contributed by atoms with Crippen LogP contribution in [0.2, 0.25) is 0 Å². The van der Waals surface area contributed by atoms with Crippen molar-refractivity contribution in [2.24, 2.45) is 0 Å². The van der Waals surface area contributed by atoms with E-state index in [2.05, 4.69) is 5.32 Å². The molecular formula is C31H27NO5S. The molecule has 1 heterocycles. The normalized spacial score (nSPS) is 13.0. The fourth-order valence-corrected chi connectivity index (χ4v) is 4.79. The summed E-state index contributed by atoms with van der Waals surface area (Å²) in [4.78, 5) is 0.254. The number of sulfone groups is 1. The van der Waals surface area contributed by atoms with Crippen molar-refractivity contribution in [1.29, 1.82) is 0 Å². The summed E-state index contributed by atoms with van der Waals surface area (Å²) in [6.45, 7) is 0.529. The SMILES string of the molecule is CS(=O)(=O)c1ccc(-c2ccc3cc(O)ccc3c2Oc2ccc(OCCC3=CC=CC=CN3)cc2)cc1. The molecule has 192 valence electrons. The van der Waals surface area contributed by atoms with Crippen LogP contribution in [-0.2, 0) is 9.84 Å². The van der Waals surface area contributed by atoms with Gasteiger partial charge in [0.15, 0.2) is 9.84 Å². The maximum atomic E-state index is 11.9. The van der Waals surface area contributed by atoms with Crippen LogP contribution in [0.4, 0.5) is 0 Å². The van der Waals surface area contributed by atoms with Crippen molar-refractivity contribution in [1.82, 2.24) is 5.32 Å². The highest BCUT2D eigenvalue weighted by Crippen LogP contribution is 2.41. The van der Waals surface area contributed by atoms with Crippen LogP contribution in [0.3, 0.4) is 0 Å². The minimum Gasteiger partial charge on any atom is -0.508 e. The lowest BCUT2D eigenvalue weighted by Crippen LogP contribution is -2.08. The van der Waals surface area contributed by atoms with Crippen LogP contribution < -0.4 is 14.8 Å². The Bertz CT molecular complexity index is 1650. The monoisotopic (exact) mass is 525 g/mol.